The van der Waals surface area contributed by atoms with Crippen molar-refractivity contribution in [2.45, 2.75) is 115 Å². The third kappa shape index (κ3) is 4.37. The maximum Gasteiger partial charge on any atom is 0.00953 e. The zero-order valence-corrected chi connectivity index (χ0v) is 22.9. The Hall–Kier alpha value is -2.08. The van der Waals surface area contributed by atoms with Gasteiger partial charge in [-0.3, -0.25) is 0 Å². The highest BCUT2D eigenvalue weighted by Crippen LogP contribution is 2.64. The van der Waals surface area contributed by atoms with Crippen LogP contribution in [0.1, 0.15) is 137 Å². The fourth-order valence-corrected chi connectivity index (χ4v) is 9.44. The number of benzene rings is 2. The smallest absolute Gasteiger partial charge is 0.00953 e. The quantitative estimate of drug-likeness (QED) is 0.378. The Balaban J connectivity index is 1.26. The van der Waals surface area contributed by atoms with E-state index in [0.717, 1.165) is 11.8 Å². The summed E-state index contributed by atoms with van der Waals surface area (Å²) in [6, 6.07) is 19.1. The Morgan fingerprint density at radius 2 is 0.946 bits per heavy atom. The summed E-state index contributed by atoms with van der Waals surface area (Å²) in [5.74, 6) is 2.96. The van der Waals surface area contributed by atoms with Crippen LogP contribution in [0.15, 0.2) is 60.7 Å². The van der Waals surface area contributed by atoms with Gasteiger partial charge in [0.05, 0.1) is 0 Å². The molecule has 0 heterocycles. The molecule has 194 valence electrons. The summed E-state index contributed by atoms with van der Waals surface area (Å²) in [5.41, 5.74) is 10.2. The Bertz CT molecular complexity index is 1070. The van der Waals surface area contributed by atoms with Gasteiger partial charge in [-0.2, -0.15) is 0 Å². The molecule has 3 saturated carbocycles. The lowest BCUT2D eigenvalue weighted by atomic mass is 9.62. The summed E-state index contributed by atoms with van der Waals surface area (Å²) in [6.07, 6.45) is 28.3. The molecule has 2 unspecified atom stereocenters. The molecular formula is C37H46. The van der Waals surface area contributed by atoms with Gasteiger partial charge in [0, 0.05) is 11.8 Å². The van der Waals surface area contributed by atoms with Gasteiger partial charge in [0.15, 0.2) is 0 Å². The highest BCUT2D eigenvalue weighted by atomic mass is 14.5. The van der Waals surface area contributed by atoms with E-state index in [-0.39, 0.29) is 0 Å². The van der Waals surface area contributed by atoms with Crippen molar-refractivity contribution in [1.82, 2.24) is 0 Å². The lowest BCUT2D eigenvalue weighted by Gasteiger charge is -2.41. The molecule has 0 nitrogen and oxygen atoms in total. The molecule has 0 amide bonds. The number of fused-ring (bicyclic) bond motifs is 2. The molecule has 0 saturated heterocycles. The molecule has 0 heteroatoms. The van der Waals surface area contributed by atoms with Gasteiger partial charge in [0.1, 0.15) is 0 Å². The third-order valence-corrected chi connectivity index (χ3v) is 11.3. The van der Waals surface area contributed by atoms with E-state index in [1.54, 1.807) is 33.4 Å². The van der Waals surface area contributed by atoms with Crippen LogP contribution >= 0.6 is 0 Å². The largest absolute Gasteiger partial charge is 0.0726 e. The van der Waals surface area contributed by atoms with Gasteiger partial charge < -0.3 is 0 Å². The molecule has 37 heavy (non-hydrogen) atoms. The van der Waals surface area contributed by atoms with E-state index in [2.05, 4.69) is 60.7 Å². The van der Waals surface area contributed by atoms with Crippen LogP contribution in [-0.2, 0) is 0 Å². The van der Waals surface area contributed by atoms with Gasteiger partial charge >= 0.3 is 0 Å². The molecule has 5 aliphatic rings. The van der Waals surface area contributed by atoms with Crippen molar-refractivity contribution in [3.05, 3.63) is 82.9 Å². The van der Waals surface area contributed by atoms with Crippen LogP contribution in [0, 0.1) is 17.3 Å². The summed E-state index contributed by atoms with van der Waals surface area (Å²) in [5, 5.41) is 0. The molecule has 0 radical (unpaired) electrons. The summed E-state index contributed by atoms with van der Waals surface area (Å²) >= 11 is 0. The topological polar surface area (TPSA) is 0 Å². The van der Waals surface area contributed by atoms with E-state index >= 15 is 0 Å². The predicted octanol–water partition coefficient (Wildman–Crippen LogP) is 10.8. The van der Waals surface area contributed by atoms with E-state index in [1.165, 1.54) is 103 Å². The van der Waals surface area contributed by atoms with Crippen molar-refractivity contribution < 1.29 is 0 Å². The van der Waals surface area contributed by atoms with Crippen molar-refractivity contribution in [3.8, 4) is 0 Å². The van der Waals surface area contributed by atoms with E-state index in [0.29, 0.717) is 17.3 Å². The lowest BCUT2D eigenvalue weighted by molar-refractivity contribution is 0.232. The van der Waals surface area contributed by atoms with Gasteiger partial charge in [0.2, 0.25) is 0 Å². The summed E-state index contributed by atoms with van der Waals surface area (Å²) in [7, 11) is 0. The first-order valence-corrected chi connectivity index (χ1v) is 15.9. The molecule has 0 spiro atoms. The van der Waals surface area contributed by atoms with Crippen LogP contribution in [0.5, 0.6) is 0 Å². The highest BCUT2D eigenvalue weighted by molar-refractivity contribution is 5.78. The van der Waals surface area contributed by atoms with Crippen molar-refractivity contribution in [1.29, 1.82) is 0 Å². The Morgan fingerprint density at radius 1 is 0.514 bits per heavy atom. The third-order valence-electron chi connectivity index (χ3n) is 11.3. The number of rotatable bonds is 6. The fraction of sp³-hybridized carbons (Fsp3) is 0.568. The van der Waals surface area contributed by atoms with Gasteiger partial charge in [-0.1, -0.05) is 138 Å². The first-order chi connectivity index (χ1) is 18.3. The lowest BCUT2D eigenvalue weighted by Crippen LogP contribution is -2.30. The van der Waals surface area contributed by atoms with E-state index in [1.807, 2.05) is 0 Å². The molecule has 3 fully saturated rings. The maximum atomic E-state index is 2.81. The normalized spacial score (nSPS) is 27.6. The second-order valence-corrected chi connectivity index (χ2v) is 13.4. The minimum absolute atomic E-state index is 0.342. The maximum absolute atomic E-state index is 2.81. The van der Waals surface area contributed by atoms with Gasteiger partial charge in [-0.25, -0.2) is 0 Å². The van der Waals surface area contributed by atoms with Crippen molar-refractivity contribution in [2.75, 3.05) is 0 Å². The average Bonchev–Trinajstić information content (AvgIpc) is 3.67. The molecule has 0 bridgehead atoms. The Morgan fingerprint density at radius 3 is 1.41 bits per heavy atom. The van der Waals surface area contributed by atoms with Gasteiger partial charge in [0.25, 0.3) is 0 Å². The zero-order valence-electron chi connectivity index (χ0n) is 22.9. The van der Waals surface area contributed by atoms with Crippen molar-refractivity contribution >= 4 is 11.1 Å². The Labute approximate surface area is 225 Å². The Kier molecular flexibility index (Phi) is 6.64. The van der Waals surface area contributed by atoms with E-state index < -0.39 is 0 Å². The minimum atomic E-state index is 0.342. The first kappa shape index (κ1) is 24.0. The molecule has 7 rings (SSSR count). The number of allylic oxidation sites excluding steroid dienone is 4. The fourth-order valence-electron chi connectivity index (χ4n) is 9.44. The summed E-state index contributed by atoms with van der Waals surface area (Å²) in [4.78, 5) is 0. The van der Waals surface area contributed by atoms with Crippen molar-refractivity contribution in [2.24, 2.45) is 17.3 Å². The number of hydrogen-bond donors (Lipinski definition) is 0. The monoisotopic (exact) mass is 490 g/mol. The highest BCUT2D eigenvalue weighted by Gasteiger charge is 2.50. The molecule has 2 aromatic rings. The van der Waals surface area contributed by atoms with Crippen LogP contribution < -0.4 is 0 Å². The van der Waals surface area contributed by atoms with Gasteiger partial charge in [-0.05, 0) is 76.3 Å². The predicted molar refractivity (Wildman–Crippen MR) is 158 cm³/mol. The summed E-state index contributed by atoms with van der Waals surface area (Å²) < 4.78 is 0. The van der Waals surface area contributed by atoms with Crippen LogP contribution in [0.2, 0.25) is 0 Å². The SMILES string of the molecule is C1=C(CC2CCCCC2)c2ccccc2C1C1(C2C=C(CC3CCCCC3)c3ccccc32)CCCC1. The minimum Gasteiger partial charge on any atom is -0.0726 e. The van der Waals surface area contributed by atoms with Crippen LogP contribution in [0.4, 0.5) is 0 Å². The molecule has 5 aliphatic carbocycles. The second-order valence-electron chi connectivity index (χ2n) is 13.4. The van der Waals surface area contributed by atoms with Gasteiger partial charge in [-0.15, -0.1) is 0 Å². The molecular weight excluding hydrogens is 444 g/mol. The van der Waals surface area contributed by atoms with E-state index in [4.69, 9.17) is 0 Å². The zero-order chi connectivity index (χ0) is 24.7. The average molecular weight is 491 g/mol. The molecule has 2 atom stereocenters. The standard InChI is InChI=1S/C37H46/c1-3-13-27(14-4-1)23-29-25-35(33-19-9-7-17-31(29)33)37(21-11-12-22-37)36-26-30(24-28-15-5-2-6-16-28)32-18-8-10-20-34(32)36/h7-10,17-20,25-28,35-36H,1-6,11-16,21-24H2. The van der Waals surface area contributed by atoms with E-state index in [9.17, 15) is 0 Å². The second kappa shape index (κ2) is 10.2. The van der Waals surface area contributed by atoms with Crippen LogP contribution in [-0.4, -0.2) is 0 Å². The molecule has 0 N–H and O–H groups in total. The number of hydrogen-bond acceptors (Lipinski definition) is 0. The molecule has 0 aromatic heterocycles. The molecule has 0 aliphatic heterocycles. The first-order valence-electron chi connectivity index (χ1n) is 15.9. The summed E-state index contributed by atoms with van der Waals surface area (Å²) in [6.45, 7) is 0. The molecule has 2 aromatic carbocycles. The van der Waals surface area contributed by atoms with Crippen LogP contribution in [0.25, 0.3) is 11.1 Å². The van der Waals surface area contributed by atoms with Crippen molar-refractivity contribution in [3.63, 3.8) is 0 Å². The van der Waals surface area contributed by atoms with Crippen LogP contribution in [0.3, 0.4) is 0 Å².